The van der Waals surface area contributed by atoms with Crippen LogP contribution >= 0.6 is 0 Å². The molecule has 11 nitrogen and oxygen atoms in total. The van der Waals surface area contributed by atoms with Gasteiger partial charge in [-0.25, -0.2) is 0 Å². The van der Waals surface area contributed by atoms with E-state index in [2.05, 4.69) is 197 Å². The monoisotopic (exact) mass is 1600 g/mol. The average molecular weight is 1600 g/mol. The summed E-state index contributed by atoms with van der Waals surface area (Å²) in [5, 5.41) is 111. The van der Waals surface area contributed by atoms with Crippen molar-refractivity contribution in [3.63, 3.8) is 0 Å². The van der Waals surface area contributed by atoms with Gasteiger partial charge in [0.15, 0.2) is 0 Å². The first-order chi connectivity index (χ1) is 54.3. The van der Waals surface area contributed by atoms with Crippen molar-refractivity contribution < 1.29 is 46.0 Å². The van der Waals surface area contributed by atoms with Crippen molar-refractivity contribution in [2.75, 3.05) is 19.6 Å². The molecule has 2 heterocycles. The van der Waals surface area contributed by atoms with Crippen LogP contribution in [0.5, 0.6) is 51.7 Å². The van der Waals surface area contributed by atoms with Crippen molar-refractivity contribution in [1.82, 2.24) is 4.90 Å². The molecule has 2 aliphatic heterocycles. The third-order valence-electron chi connectivity index (χ3n) is 24.4. The van der Waals surface area contributed by atoms with Gasteiger partial charge in [0.05, 0.1) is 5.84 Å². The van der Waals surface area contributed by atoms with Crippen molar-refractivity contribution >= 4 is 5.84 Å². The fourth-order valence-corrected chi connectivity index (χ4v) is 16.2. The Bertz CT molecular complexity index is 4180. The molecule has 1 fully saturated rings. The summed E-state index contributed by atoms with van der Waals surface area (Å²) in [5.41, 5.74) is 16.3. The minimum absolute atomic E-state index is 0.0713. The molecule has 0 unspecified atom stereocenters. The van der Waals surface area contributed by atoms with Gasteiger partial charge in [-0.3, -0.25) is 4.99 Å². The highest BCUT2D eigenvalue weighted by atomic mass is 16.3. The van der Waals surface area contributed by atoms with E-state index in [0.29, 0.717) is 94.8 Å². The molecule has 11 heteroatoms. The third kappa shape index (κ3) is 21.8. The van der Waals surface area contributed by atoms with Gasteiger partial charge < -0.3 is 50.9 Å². The second kappa shape index (κ2) is 34.0. The van der Waals surface area contributed by atoms with Gasteiger partial charge in [-0.2, -0.15) is 0 Å². The Kier molecular flexibility index (Phi) is 26.2. The van der Waals surface area contributed by atoms with Crippen LogP contribution in [0.2, 0.25) is 0 Å². The van der Waals surface area contributed by atoms with Gasteiger partial charge in [-0.05, 0) is 219 Å². The highest BCUT2D eigenvalue weighted by Gasteiger charge is 2.32. The number of aliphatic imine (C=N–C) groups is 1. The molecule has 0 aromatic heterocycles. The summed E-state index contributed by atoms with van der Waals surface area (Å²) in [6.45, 7) is 61.5. The lowest BCUT2D eigenvalue weighted by atomic mass is 9.79. The molecule has 0 atom stereocenters. The van der Waals surface area contributed by atoms with Crippen LogP contribution in [0.25, 0.3) is 0 Å². The van der Waals surface area contributed by atoms with Gasteiger partial charge in [-0.1, -0.05) is 303 Å². The summed E-state index contributed by atoms with van der Waals surface area (Å²) < 4.78 is 0. The van der Waals surface area contributed by atoms with E-state index in [9.17, 15) is 40.9 Å². The number of fused-ring (bicyclic) bond motifs is 17. The Labute approximate surface area is 708 Å². The predicted molar refractivity (Wildman–Crippen MR) is 491 cm³/mol. The van der Waals surface area contributed by atoms with Gasteiger partial charge >= 0.3 is 0 Å². The van der Waals surface area contributed by atoms with E-state index in [1.54, 1.807) is 12.1 Å². The quantitative estimate of drug-likeness (QED) is 0.0704. The average Bonchev–Trinajstić information content (AvgIpc) is 0.805. The van der Waals surface area contributed by atoms with Crippen molar-refractivity contribution in [1.29, 1.82) is 0 Å². The molecule has 0 amide bonds. The Morgan fingerprint density at radius 2 is 0.381 bits per heavy atom. The number of hydrogen-bond acceptors (Lipinski definition) is 11. The van der Waals surface area contributed by atoms with Crippen LogP contribution in [-0.4, -0.2) is 76.3 Å². The lowest BCUT2D eigenvalue weighted by Gasteiger charge is -2.27. The minimum atomic E-state index is -0.363. The summed E-state index contributed by atoms with van der Waals surface area (Å²) >= 11 is 0. The third-order valence-corrected chi connectivity index (χ3v) is 24.4. The Morgan fingerprint density at radius 1 is 0.212 bits per heavy atom. The fraction of sp³-hybridized carbons (Fsp3) is 0.486. The molecule has 634 valence electrons. The molecule has 12 rings (SSSR count). The van der Waals surface area contributed by atoms with Crippen LogP contribution in [0.4, 0.5) is 0 Å². The molecular weight excluding hydrogens is 1460 g/mol. The van der Waals surface area contributed by atoms with Crippen LogP contribution in [-0.2, 0) is 100 Å². The van der Waals surface area contributed by atoms with Crippen LogP contribution < -0.4 is 0 Å². The van der Waals surface area contributed by atoms with Gasteiger partial charge in [0.25, 0.3) is 0 Å². The molecule has 16 bridgehead atoms. The molecule has 1 aliphatic carbocycles. The van der Waals surface area contributed by atoms with E-state index < -0.39 is 0 Å². The molecule has 118 heavy (non-hydrogen) atoms. The number of hydrogen-bond donors (Lipinski definition) is 9. The van der Waals surface area contributed by atoms with Gasteiger partial charge in [0.1, 0.15) is 51.7 Å². The molecule has 3 aliphatic rings. The highest BCUT2D eigenvalue weighted by Crippen LogP contribution is 2.47. The molecule has 0 saturated carbocycles. The van der Waals surface area contributed by atoms with E-state index >= 15 is 0 Å². The van der Waals surface area contributed by atoms with E-state index in [0.717, 1.165) is 51.1 Å². The first kappa shape index (κ1) is 91.0. The first-order valence-electron chi connectivity index (χ1n) is 43.2. The molecular formula is C107H142N2O9. The molecule has 9 aromatic rings. The number of aromatic hydroxyl groups is 9. The second-order valence-corrected chi connectivity index (χ2v) is 43.8. The van der Waals surface area contributed by atoms with Crippen LogP contribution in [0.3, 0.4) is 0 Å². The Balaban J connectivity index is 0.000000571. The maximum atomic E-state index is 12.8. The zero-order valence-electron chi connectivity index (χ0n) is 76.8. The topological polar surface area (TPSA) is 198 Å². The molecule has 9 N–H and O–H groups in total. The minimum Gasteiger partial charge on any atom is -0.508 e. The van der Waals surface area contributed by atoms with Gasteiger partial charge in [0.2, 0.25) is 0 Å². The van der Waals surface area contributed by atoms with Crippen molar-refractivity contribution in [3.05, 3.63) is 260 Å². The summed E-state index contributed by atoms with van der Waals surface area (Å²) in [6.07, 6.45) is 8.08. The van der Waals surface area contributed by atoms with E-state index in [1.807, 2.05) is 109 Å². The zero-order chi connectivity index (χ0) is 87.4. The standard InChI is InChI=1S/C88H112O8.C10H14O.C9H16N2/c1-81(2,3)65-33-49-25-51-35-66(82(4,5)6)37-53(74(51)90)27-55-39-68(84(10,11)12)41-57(76(55)92)29-59-43-70(86(16,17)18)45-61(78(59)94)31-63-47-72(88(22,23)24)48-64(80(63)96)32-62-46-71(87(19,20)21)44-60(79(62)95)30-58-42-69(85(13,14)15)40-56(77(58)93)28-54-38-67(83(7,8)9)36-52(75(54)91)26-50(34-65)73(49)89;1-10(2,3)8-4-6-9(11)7-5-8;1-2-5-9-10-6-4-8-11(9)7-3-1/h33-48,89-96H,25-32H2,1-24H3;4-7,11H,1-3H3;1-8H2. The predicted octanol–water partition coefficient (Wildman–Crippen LogP) is 25.1. The SMILES string of the molecule is C1CCC2=NCCCN2CC1.CC(C)(C)c1cc2c(O)c(c1)Cc1cc(C(C)(C)C)cc(c1O)Cc1cc(C(C)(C)C)cc(c1O)Cc1cc(C(C)(C)C)cc(c1O)Cc1cc(C(C)(C)C)cc(c1O)Cc1cc(C(C)(C)C)cc(c1O)Cc1cc(C(C)(C)C)cc(c1O)Cc1cc(C(C)(C)C)cc(c1O)C2.CC(C)(C)c1ccc(O)cc1. The number of phenols is 9. The van der Waals surface area contributed by atoms with Crippen LogP contribution in [0.1, 0.15) is 358 Å². The van der Waals surface area contributed by atoms with Gasteiger partial charge in [-0.15, -0.1) is 0 Å². The van der Waals surface area contributed by atoms with Crippen molar-refractivity contribution in [2.24, 2.45) is 4.99 Å². The maximum absolute atomic E-state index is 12.8. The summed E-state index contributed by atoms with van der Waals surface area (Å²) in [5.74, 6) is 2.30. The lowest BCUT2D eigenvalue weighted by molar-refractivity contribution is 0.391. The maximum Gasteiger partial charge on any atom is 0.122 e. The second-order valence-electron chi connectivity index (χ2n) is 43.8. The van der Waals surface area contributed by atoms with E-state index in [4.69, 9.17) is 5.11 Å². The van der Waals surface area contributed by atoms with Crippen molar-refractivity contribution in [3.8, 4) is 51.7 Å². The fourth-order valence-electron chi connectivity index (χ4n) is 16.2. The summed E-state index contributed by atoms with van der Waals surface area (Å²) in [4.78, 5) is 7.04. The zero-order valence-corrected chi connectivity index (χ0v) is 76.8. The lowest BCUT2D eigenvalue weighted by Crippen LogP contribution is -2.34. The number of phenolic OH excluding ortho intramolecular Hbond substituents is 9. The largest absolute Gasteiger partial charge is 0.508 e. The Hall–Kier alpha value is -9.35. The number of amidine groups is 1. The Morgan fingerprint density at radius 3 is 0.551 bits per heavy atom. The molecule has 0 radical (unpaired) electrons. The van der Waals surface area contributed by atoms with Gasteiger partial charge in [0, 0.05) is 77.4 Å². The number of rotatable bonds is 0. The van der Waals surface area contributed by atoms with Crippen LogP contribution in [0, 0.1) is 0 Å². The summed E-state index contributed by atoms with van der Waals surface area (Å²) in [7, 11) is 0. The van der Waals surface area contributed by atoms with Crippen LogP contribution in [0.15, 0.2) is 126 Å². The normalized spacial score (nSPS) is 15.0. The summed E-state index contributed by atoms with van der Waals surface area (Å²) in [6, 6.07) is 40.0. The smallest absolute Gasteiger partial charge is 0.122 e. The number of benzene rings is 9. The number of nitrogens with zero attached hydrogens (tertiary/aromatic N) is 2. The van der Waals surface area contributed by atoms with E-state index in [1.165, 1.54) is 56.6 Å². The highest BCUT2D eigenvalue weighted by molar-refractivity contribution is 5.83. The molecule has 0 spiro atoms. The van der Waals surface area contributed by atoms with Crippen molar-refractivity contribution in [2.45, 2.75) is 319 Å². The first-order valence-corrected chi connectivity index (χ1v) is 43.2. The molecule has 1 saturated heterocycles. The molecule has 9 aromatic carbocycles. The van der Waals surface area contributed by atoms with E-state index in [-0.39, 0.29) is 146 Å².